The van der Waals surface area contributed by atoms with E-state index in [9.17, 15) is 13.2 Å². The third kappa shape index (κ3) is 6.89. The number of alkyl halides is 4. The zero-order chi connectivity index (χ0) is 14.3. The van der Waals surface area contributed by atoms with Gasteiger partial charge in [-0.1, -0.05) is 0 Å². The predicted molar refractivity (Wildman–Crippen MR) is 67.9 cm³/mol. The molecule has 108 valence electrons. The lowest BCUT2D eigenvalue weighted by molar-refractivity contribution is -0.274. The second-order valence-electron chi connectivity index (χ2n) is 3.29. The van der Waals surface area contributed by atoms with Gasteiger partial charge in [-0.15, -0.1) is 24.8 Å². The van der Waals surface area contributed by atoms with Gasteiger partial charge in [0.2, 0.25) is 0 Å². The number of halogens is 5. The molecule has 0 fully saturated rings. The van der Waals surface area contributed by atoms with E-state index in [2.05, 4.69) is 20.7 Å². The molecule has 0 aliphatic heterocycles. The summed E-state index contributed by atoms with van der Waals surface area (Å²) in [5, 5.41) is 0. The molecule has 0 saturated carbocycles. The standard InChI is InChI=1S/C11H11BrClF3O3/c12-9-7-8(18-6-5-17-4-3-13)1-2-10(9)19-11(14,15)16/h1-2,7H,3-6H2. The molecule has 0 radical (unpaired) electrons. The van der Waals surface area contributed by atoms with Gasteiger partial charge >= 0.3 is 6.36 Å². The molecule has 3 nitrogen and oxygen atoms in total. The highest BCUT2D eigenvalue weighted by Crippen LogP contribution is 2.33. The molecule has 0 N–H and O–H groups in total. The molecule has 0 heterocycles. The van der Waals surface area contributed by atoms with Crippen molar-refractivity contribution >= 4 is 27.5 Å². The van der Waals surface area contributed by atoms with Gasteiger partial charge in [0.05, 0.1) is 17.7 Å². The van der Waals surface area contributed by atoms with Crippen LogP contribution >= 0.6 is 27.5 Å². The first-order valence-electron chi connectivity index (χ1n) is 5.24. The van der Waals surface area contributed by atoms with Gasteiger partial charge in [0, 0.05) is 5.88 Å². The number of benzene rings is 1. The molecule has 0 saturated heterocycles. The van der Waals surface area contributed by atoms with Gasteiger partial charge in [0.15, 0.2) is 0 Å². The summed E-state index contributed by atoms with van der Waals surface area (Å²) < 4.78 is 50.4. The van der Waals surface area contributed by atoms with E-state index in [1.54, 1.807) is 0 Å². The summed E-state index contributed by atoms with van der Waals surface area (Å²) in [5.74, 6) is 0.490. The Kier molecular flexibility index (Phi) is 6.74. The zero-order valence-corrected chi connectivity index (χ0v) is 12.0. The van der Waals surface area contributed by atoms with Crippen molar-refractivity contribution in [2.75, 3.05) is 25.7 Å². The van der Waals surface area contributed by atoms with Gasteiger partial charge in [-0.2, -0.15) is 0 Å². The van der Waals surface area contributed by atoms with Gasteiger partial charge in [-0.05, 0) is 34.1 Å². The quantitative estimate of drug-likeness (QED) is 0.542. The van der Waals surface area contributed by atoms with Crippen LogP contribution in [0.4, 0.5) is 13.2 Å². The Bertz CT molecular complexity index is 401. The SMILES string of the molecule is FC(F)(F)Oc1ccc(OCCOCCCl)cc1Br. The second-order valence-corrected chi connectivity index (χ2v) is 4.52. The largest absolute Gasteiger partial charge is 0.573 e. The smallest absolute Gasteiger partial charge is 0.491 e. The van der Waals surface area contributed by atoms with Crippen LogP contribution in [0.15, 0.2) is 22.7 Å². The lowest BCUT2D eigenvalue weighted by Crippen LogP contribution is -2.17. The van der Waals surface area contributed by atoms with Crippen LogP contribution in [0.1, 0.15) is 0 Å². The van der Waals surface area contributed by atoms with Crippen LogP contribution in [0.2, 0.25) is 0 Å². The van der Waals surface area contributed by atoms with Crippen molar-refractivity contribution in [2.45, 2.75) is 6.36 Å². The van der Waals surface area contributed by atoms with Crippen molar-refractivity contribution in [1.29, 1.82) is 0 Å². The van der Waals surface area contributed by atoms with Gasteiger partial charge in [0.25, 0.3) is 0 Å². The van der Waals surface area contributed by atoms with E-state index < -0.39 is 6.36 Å². The van der Waals surface area contributed by atoms with Gasteiger partial charge in [0.1, 0.15) is 18.1 Å². The van der Waals surface area contributed by atoms with Crippen molar-refractivity contribution in [3.05, 3.63) is 22.7 Å². The minimum absolute atomic E-state index is 0.156. The van der Waals surface area contributed by atoms with Gasteiger partial charge < -0.3 is 14.2 Å². The zero-order valence-electron chi connectivity index (χ0n) is 9.68. The summed E-state index contributed by atoms with van der Waals surface area (Å²) in [5.41, 5.74) is 0. The summed E-state index contributed by atoms with van der Waals surface area (Å²) in [6.07, 6.45) is -4.72. The molecule has 0 aliphatic carbocycles. The van der Waals surface area contributed by atoms with E-state index in [0.29, 0.717) is 24.8 Å². The number of hydrogen-bond acceptors (Lipinski definition) is 3. The minimum Gasteiger partial charge on any atom is -0.491 e. The molecule has 8 heteroatoms. The van der Waals surface area contributed by atoms with E-state index in [-0.39, 0.29) is 16.8 Å². The van der Waals surface area contributed by atoms with Crippen LogP contribution in [0, 0.1) is 0 Å². The highest BCUT2D eigenvalue weighted by molar-refractivity contribution is 9.10. The average molecular weight is 364 g/mol. The normalized spacial score (nSPS) is 11.4. The Morgan fingerprint density at radius 1 is 1.16 bits per heavy atom. The summed E-state index contributed by atoms with van der Waals surface area (Å²) in [6, 6.07) is 3.95. The lowest BCUT2D eigenvalue weighted by Gasteiger charge is -2.12. The van der Waals surface area contributed by atoms with E-state index in [4.69, 9.17) is 21.1 Å². The monoisotopic (exact) mass is 362 g/mol. The van der Waals surface area contributed by atoms with Crippen LogP contribution in [-0.4, -0.2) is 32.1 Å². The Labute approximate surface area is 121 Å². The maximum atomic E-state index is 12.0. The fourth-order valence-electron chi connectivity index (χ4n) is 1.15. The topological polar surface area (TPSA) is 27.7 Å². The van der Waals surface area contributed by atoms with Crippen LogP contribution in [0.25, 0.3) is 0 Å². The van der Waals surface area contributed by atoms with Crippen molar-refractivity contribution < 1.29 is 27.4 Å². The summed E-state index contributed by atoms with van der Waals surface area (Å²) in [7, 11) is 0. The highest BCUT2D eigenvalue weighted by atomic mass is 79.9. The number of ether oxygens (including phenoxy) is 3. The van der Waals surface area contributed by atoms with Crippen LogP contribution in [-0.2, 0) is 4.74 Å². The first-order valence-corrected chi connectivity index (χ1v) is 6.57. The average Bonchev–Trinajstić information content (AvgIpc) is 2.31. The molecule has 0 unspecified atom stereocenters. The van der Waals surface area contributed by atoms with E-state index in [1.807, 2.05) is 0 Å². The maximum Gasteiger partial charge on any atom is 0.573 e. The van der Waals surface area contributed by atoms with Crippen molar-refractivity contribution in [1.82, 2.24) is 0 Å². The molecule has 0 spiro atoms. The van der Waals surface area contributed by atoms with Gasteiger partial charge in [-0.3, -0.25) is 0 Å². The molecule has 1 aromatic carbocycles. The molecule has 1 rings (SSSR count). The molecule has 0 bridgehead atoms. The highest BCUT2D eigenvalue weighted by Gasteiger charge is 2.31. The Hall–Kier alpha value is -0.660. The van der Waals surface area contributed by atoms with E-state index in [1.165, 1.54) is 18.2 Å². The Balaban J connectivity index is 2.47. The maximum absolute atomic E-state index is 12.0. The van der Waals surface area contributed by atoms with Crippen LogP contribution < -0.4 is 9.47 Å². The molecular formula is C11H11BrClF3O3. The fraction of sp³-hybridized carbons (Fsp3) is 0.455. The van der Waals surface area contributed by atoms with E-state index in [0.717, 1.165) is 0 Å². The second kappa shape index (κ2) is 7.81. The molecule has 0 amide bonds. The third-order valence-corrected chi connectivity index (χ3v) is 2.62. The Morgan fingerprint density at radius 3 is 2.47 bits per heavy atom. The Morgan fingerprint density at radius 2 is 1.89 bits per heavy atom. The molecule has 0 aromatic heterocycles. The molecule has 19 heavy (non-hydrogen) atoms. The summed E-state index contributed by atoms with van der Waals surface area (Å²) in [6.45, 7) is 1.06. The van der Waals surface area contributed by atoms with Crippen molar-refractivity contribution in [3.8, 4) is 11.5 Å². The fourth-order valence-corrected chi connectivity index (χ4v) is 1.70. The first kappa shape index (κ1) is 16.4. The third-order valence-electron chi connectivity index (χ3n) is 1.85. The summed E-state index contributed by atoms with van der Waals surface area (Å²) >= 11 is 8.39. The molecule has 0 atom stereocenters. The van der Waals surface area contributed by atoms with Crippen LogP contribution in [0.5, 0.6) is 11.5 Å². The lowest BCUT2D eigenvalue weighted by atomic mass is 10.3. The van der Waals surface area contributed by atoms with Crippen LogP contribution in [0.3, 0.4) is 0 Å². The first-order chi connectivity index (χ1) is 8.92. The number of hydrogen-bond donors (Lipinski definition) is 0. The predicted octanol–water partition coefficient (Wildman–Crippen LogP) is 3.98. The molecule has 0 aliphatic rings. The number of rotatable bonds is 7. The van der Waals surface area contributed by atoms with E-state index >= 15 is 0 Å². The molecule has 1 aromatic rings. The van der Waals surface area contributed by atoms with Crippen molar-refractivity contribution in [3.63, 3.8) is 0 Å². The minimum atomic E-state index is -4.72. The van der Waals surface area contributed by atoms with Crippen molar-refractivity contribution in [2.24, 2.45) is 0 Å². The molecular weight excluding hydrogens is 352 g/mol. The summed E-state index contributed by atoms with van der Waals surface area (Å²) in [4.78, 5) is 0. The van der Waals surface area contributed by atoms with Gasteiger partial charge in [-0.25, -0.2) is 0 Å².